The first-order valence-electron chi connectivity index (χ1n) is 27.5. The second kappa shape index (κ2) is 48.7. The van der Waals surface area contributed by atoms with Crippen molar-refractivity contribution in [1.29, 1.82) is 0 Å². The lowest BCUT2D eigenvalue weighted by molar-refractivity contribution is -0.870. The number of allylic oxidation sites excluding steroid dienone is 13. The SMILES string of the molecule is CC/C=C\C/C=C\C/C=C\C/C=C\CCCCCCCCCCC(=O)NC(COP(=O)(O)OCC[N+](C)(C)C)C(O)/C=C/CC/C=C/CC/C=C/CCCCCCCCCCCCCCCC. The molecule has 0 spiro atoms. The van der Waals surface area contributed by atoms with E-state index in [2.05, 4.69) is 92.1 Å². The number of carbonyl (C=O) groups is 1. The summed E-state index contributed by atoms with van der Waals surface area (Å²) >= 11 is 0. The normalized spacial score (nSPS) is 14.7. The summed E-state index contributed by atoms with van der Waals surface area (Å²) in [5.74, 6) is -0.202. The minimum atomic E-state index is -4.37. The molecule has 3 unspecified atom stereocenters. The number of nitrogens with zero attached hydrogens (tertiary/aromatic N) is 1. The molecule has 0 saturated carbocycles. The highest BCUT2D eigenvalue weighted by molar-refractivity contribution is 7.47. The molecule has 9 heteroatoms. The number of hydrogen-bond donors (Lipinski definition) is 3. The number of carbonyl (C=O) groups excluding carboxylic acids is 1. The number of unbranched alkanes of at least 4 members (excludes halogenated alkanes) is 24. The molecule has 3 atom stereocenters. The van der Waals surface area contributed by atoms with E-state index in [9.17, 15) is 19.4 Å². The Morgan fingerprint density at radius 1 is 0.522 bits per heavy atom. The molecule has 0 aromatic carbocycles. The molecule has 0 saturated heterocycles. The van der Waals surface area contributed by atoms with Crippen LogP contribution in [0.3, 0.4) is 0 Å². The van der Waals surface area contributed by atoms with E-state index < -0.39 is 20.0 Å². The third kappa shape index (κ3) is 51.4. The molecule has 0 aliphatic carbocycles. The van der Waals surface area contributed by atoms with E-state index in [-0.39, 0.29) is 19.1 Å². The van der Waals surface area contributed by atoms with Crippen molar-refractivity contribution in [1.82, 2.24) is 5.32 Å². The fourth-order valence-corrected chi connectivity index (χ4v) is 8.27. The molecule has 0 aromatic heterocycles. The Morgan fingerprint density at radius 3 is 1.37 bits per heavy atom. The van der Waals surface area contributed by atoms with Crippen molar-refractivity contribution >= 4 is 13.7 Å². The molecule has 0 rings (SSSR count). The Bertz CT molecular complexity index is 1360. The molecule has 0 fully saturated rings. The van der Waals surface area contributed by atoms with Crippen LogP contribution in [0, 0.1) is 0 Å². The largest absolute Gasteiger partial charge is 0.472 e. The number of likely N-dealkylation sites (N-methyl/N-ethyl adjacent to an activating group) is 1. The van der Waals surface area contributed by atoms with Crippen LogP contribution in [0.1, 0.15) is 226 Å². The van der Waals surface area contributed by atoms with Gasteiger partial charge in [-0.25, -0.2) is 4.57 Å². The van der Waals surface area contributed by atoms with Crippen LogP contribution in [-0.4, -0.2) is 73.4 Å². The van der Waals surface area contributed by atoms with Gasteiger partial charge < -0.3 is 19.8 Å². The predicted octanol–water partition coefficient (Wildman–Crippen LogP) is 16.5. The van der Waals surface area contributed by atoms with E-state index in [1.807, 2.05) is 27.2 Å². The monoisotopic (exact) mass is 958 g/mol. The number of nitrogens with one attached hydrogen (secondary N) is 1. The fraction of sp³-hybridized carbons (Fsp3) is 0.741. The lowest BCUT2D eigenvalue weighted by Gasteiger charge is -2.25. The molecule has 0 aliphatic heterocycles. The summed E-state index contributed by atoms with van der Waals surface area (Å²) in [5.41, 5.74) is 0. The predicted molar refractivity (Wildman–Crippen MR) is 290 cm³/mol. The Kier molecular flexibility index (Phi) is 47.0. The van der Waals surface area contributed by atoms with Gasteiger partial charge >= 0.3 is 7.82 Å². The molecule has 0 aromatic rings. The molecule has 0 aliphatic rings. The molecule has 0 bridgehead atoms. The van der Waals surface area contributed by atoms with Crippen molar-refractivity contribution in [2.45, 2.75) is 238 Å². The number of amides is 1. The number of aliphatic hydroxyl groups excluding tert-OH is 1. The van der Waals surface area contributed by atoms with Gasteiger partial charge in [-0.05, 0) is 83.5 Å². The zero-order chi connectivity index (χ0) is 49.2. The van der Waals surface area contributed by atoms with E-state index in [4.69, 9.17) is 9.05 Å². The second-order valence-corrected chi connectivity index (χ2v) is 21.0. The van der Waals surface area contributed by atoms with Gasteiger partial charge in [0.1, 0.15) is 13.2 Å². The highest BCUT2D eigenvalue weighted by atomic mass is 31.2. The number of hydrogen-bond acceptors (Lipinski definition) is 5. The van der Waals surface area contributed by atoms with Gasteiger partial charge in [0.15, 0.2) is 0 Å². The zero-order valence-corrected chi connectivity index (χ0v) is 45.0. The third-order valence-electron chi connectivity index (χ3n) is 11.8. The van der Waals surface area contributed by atoms with E-state index in [1.54, 1.807) is 6.08 Å². The summed E-state index contributed by atoms with van der Waals surface area (Å²) in [6, 6.07) is -0.880. The van der Waals surface area contributed by atoms with Gasteiger partial charge in [-0.15, -0.1) is 0 Å². The van der Waals surface area contributed by atoms with Crippen molar-refractivity contribution < 1.29 is 32.9 Å². The van der Waals surface area contributed by atoms with E-state index >= 15 is 0 Å². The van der Waals surface area contributed by atoms with Crippen LogP contribution in [-0.2, 0) is 18.4 Å². The van der Waals surface area contributed by atoms with Crippen LogP contribution in [0.4, 0.5) is 0 Å². The average molecular weight is 958 g/mol. The van der Waals surface area contributed by atoms with Gasteiger partial charge in [0.25, 0.3) is 0 Å². The molecular weight excluding hydrogens is 852 g/mol. The summed E-state index contributed by atoms with van der Waals surface area (Å²) in [4.78, 5) is 23.3. The lowest BCUT2D eigenvalue weighted by atomic mass is 10.0. The average Bonchev–Trinajstić information content (AvgIpc) is 3.29. The maximum Gasteiger partial charge on any atom is 0.472 e. The van der Waals surface area contributed by atoms with Crippen LogP contribution < -0.4 is 5.32 Å². The Labute approximate surface area is 414 Å². The van der Waals surface area contributed by atoms with Crippen molar-refractivity contribution in [3.05, 3.63) is 85.1 Å². The molecule has 0 heterocycles. The minimum Gasteiger partial charge on any atom is -0.387 e. The van der Waals surface area contributed by atoms with E-state index in [0.29, 0.717) is 17.4 Å². The highest BCUT2D eigenvalue weighted by Crippen LogP contribution is 2.43. The minimum absolute atomic E-state index is 0.0478. The van der Waals surface area contributed by atoms with Gasteiger partial charge in [0, 0.05) is 6.42 Å². The number of quaternary nitrogens is 1. The maximum absolute atomic E-state index is 13.0. The summed E-state index contributed by atoms with van der Waals surface area (Å²) in [6.07, 6.45) is 68.2. The number of phosphoric ester groups is 1. The van der Waals surface area contributed by atoms with Crippen LogP contribution in [0.2, 0.25) is 0 Å². The van der Waals surface area contributed by atoms with E-state index in [1.165, 1.54) is 122 Å². The third-order valence-corrected chi connectivity index (χ3v) is 12.8. The summed E-state index contributed by atoms with van der Waals surface area (Å²) in [6.45, 7) is 4.67. The molecule has 0 radical (unpaired) electrons. The fourth-order valence-electron chi connectivity index (χ4n) is 7.54. The van der Waals surface area contributed by atoms with Crippen LogP contribution in [0.15, 0.2) is 85.1 Å². The molecule has 388 valence electrons. The second-order valence-electron chi connectivity index (χ2n) is 19.6. The quantitative estimate of drug-likeness (QED) is 0.0243. The van der Waals surface area contributed by atoms with Crippen molar-refractivity contribution in [3.63, 3.8) is 0 Å². The Balaban J connectivity index is 4.36. The van der Waals surface area contributed by atoms with Crippen molar-refractivity contribution in [3.8, 4) is 0 Å². The van der Waals surface area contributed by atoms with Gasteiger partial charge in [-0.1, -0.05) is 221 Å². The molecule has 67 heavy (non-hydrogen) atoms. The Hall–Kier alpha value is -2.32. The van der Waals surface area contributed by atoms with Crippen LogP contribution in [0.25, 0.3) is 0 Å². The Morgan fingerprint density at radius 2 is 0.910 bits per heavy atom. The molecule has 1 amide bonds. The van der Waals surface area contributed by atoms with Gasteiger partial charge in [0.2, 0.25) is 5.91 Å². The lowest BCUT2D eigenvalue weighted by Crippen LogP contribution is -2.45. The van der Waals surface area contributed by atoms with Gasteiger partial charge in [-0.3, -0.25) is 13.8 Å². The number of phosphoric acid groups is 1. The van der Waals surface area contributed by atoms with Crippen molar-refractivity contribution in [2.75, 3.05) is 40.9 Å². The zero-order valence-electron chi connectivity index (χ0n) is 44.1. The summed E-state index contributed by atoms with van der Waals surface area (Å²) in [7, 11) is 1.53. The molecular formula is C58H106N2O6P+. The molecule has 3 N–H and O–H groups in total. The smallest absolute Gasteiger partial charge is 0.387 e. The van der Waals surface area contributed by atoms with Crippen LogP contribution >= 0.6 is 7.82 Å². The summed E-state index contributed by atoms with van der Waals surface area (Å²) < 4.78 is 23.7. The number of aliphatic hydroxyl groups is 1. The highest BCUT2D eigenvalue weighted by Gasteiger charge is 2.27. The first-order valence-corrected chi connectivity index (χ1v) is 29.0. The first-order chi connectivity index (χ1) is 32.5. The van der Waals surface area contributed by atoms with Gasteiger partial charge in [-0.2, -0.15) is 0 Å². The van der Waals surface area contributed by atoms with Crippen molar-refractivity contribution in [2.24, 2.45) is 0 Å². The number of rotatable bonds is 49. The van der Waals surface area contributed by atoms with E-state index in [0.717, 1.165) is 83.5 Å². The maximum atomic E-state index is 13.0. The van der Waals surface area contributed by atoms with Crippen LogP contribution in [0.5, 0.6) is 0 Å². The van der Waals surface area contributed by atoms with Gasteiger partial charge in [0.05, 0.1) is 39.9 Å². The first kappa shape index (κ1) is 64.7. The topological polar surface area (TPSA) is 105 Å². The standard InChI is InChI=1S/C58H105N2O6P/c1-6-8-10-12-14-16-18-20-22-24-26-28-29-30-32-33-35-37-39-41-43-45-47-49-51-57(61)56(55-66-67(63,64)65-54-53-60(3,4)5)59-58(62)52-50-48-46-44-42-40-38-36-34-31-27-25-23-21-19-17-15-13-11-9-7-2/h9,11,15,17,21,23,27,31,33,35,41,43,49,51,56-57,61H,6-8,10,12-14,16,18-20,22,24-26,28-30,32,34,36-40,42,44-48,50,52-55H2,1-5H3,(H-,59,62,63,64)/p+1/b11-9-,17-15-,23-21-,31-27-,35-33+,43-41+,51-49+. The molecule has 8 nitrogen and oxygen atoms in total. The summed E-state index contributed by atoms with van der Waals surface area (Å²) in [5, 5.41) is 13.9.